The van der Waals surface area contributed by atoms with Gasteiger partial charge in [0.1, 0.15) is 16.9 Å². The van der Waals surface area contributed by atoms with Crippen LogP contribution in [-0.4, -0.2) is 11.6 Å². The number of carbonyl (C=O) groups is 2. The van der Waals surface area contributed by atoms with Gasteiger partial charge in [-0.25, -0.2) is 0 Å². The van der Waals surface area contributed by atoms with Gasteiger partial charge in [0.2, 0.25) is 0 Å². The van der Waals surface area contributed by atoms with Crippen LogP contribution in [0.4, 0.5) is 0 Å². The molecule has 0 amide bonds. The van der Waals surface area contributed by atoms with E-state index < -0.39 is 5.92 Å². The maximum Gasteiger partial charge on any atom is 0.150 e. The number of benzene rings is 1. The molecule has 0 bridgehead atoms. The summed E-state index contributed by atoms with van der Waals surface area (Å²) in [6, 6.07) is 5.72. The molecule has 3 aromatic rings. The summed E-state index contributed by atoms with van der Waals surface area (Å²) in [5.41, 5.74) is 2.36. The molecular formula is C17H14O4. The standard InChI is InChI=1S/C17H14O4/c1-9-14(18)3-2-11(17(9)19)13-8-21-16-7-15-10(4-5-20-15)6-12(13)16/h4-9,11H,2-3H2,1H3. The van der Waals surface area contributed by atoms with Gasteiger partial charge < -0.3 is 8.83 Å². The smallest absolute Gasteiger partial charge is 0.150 e. The molecule has 2 atom stereocenters. The quantitative estimate of drug-likeness (QED) is 0.636. The maximum atomic E-state index is 12.4. The second kappa shape index (κ2) is 4.32. The van der Waals surface area contributed by atoms with Gasteiger partial charge in [-0.3, -0.25) is 9.59 Å². The highest BCUT2D eigenvalue weighted by atomic mass is 16.3. The van der Waals surface area contributed by atoms with E-state index in [1.807, 2.05) is 18.2 Å². The molecule has 4 rings (SSSR count). The fraction of sp³-hybridized carbons (Fsp3) is 0.294. The minimum atomic E-state index is -0.508. The summed E-state index contributed by atoms with van der Waals surface area (Å²) in [7, 11) is 0. The van der Waals surface area contributed by atoms with Crippen molar-refractivity contribution in [3.05, 3.63) is 36.3 Å². The van der Waals surface area contributed by atoms with Crippen LogP contribution in [0.25, 0.3) is 21.9 Å². The molecule has 0 spiro atoms. The molecule has 21 heavy (non-hydrogen) atoms. The third-order valence-electron chi connectivity index (χ3n) is 4.49. The monoisotopic (exact) mass is 282 g/mol. The van der Waals surface area contributed by atoms with Crippen LogP contribution >= 0.6 is 0 Å². The largest absolute Gasteiger partial charge is 0.464 e. The first-order chi connectivity index (χ1) is 10.1. The van der Waals surface area contributed by atoms with Gasteiger partial charge in [0.15, 0.2) is 5.78 Å². The van der Waals surface area contributed by atoms with Gasteiger partial charge in [0, 0.05) is 34.7 Å². The Bertz CT molecular complexity index is 867. The van der Waals surface area contributed by atoms with Gasteiger partial charge in [0.25, 0.3) is 0 Å². The van der Waals surface area contributed by atoms with Crippen LogP contribution in [-0.2, 0) is 9.59 Å². The van der Waals surface area contributed by atoms with Crippen molar-refractivity contribution in [3.8, 4) is 0 Å². The van der Waals surface area contributed by atoms with Crippen LogP contribution in [0.1, 0.15) is 31.2 Å². The minimum Gasteiger partial charge on any atom is -0.464 e. The summed E-state index contributed by atoms with van der Waals surface area (Å²) in [6.07, 6.45) is 4.31. The van der Waals surface area contributed by atoms with E-state index >= 15 is 0 Å². The molecule has 2 heterocycles. The van der Waals surface area contributed by atoms with Crippen molar-refractivity contribution < 1.29 is 18.4 Å². The molecule has 0 saturated heterocycles. The predicted molar refractivity (Wildman–Crippen MR) is 77.1 cm³/mol. The first-order valence-electron chi connectivity index (χ1n) is 7.10. The summed E-state index contributed by atoms with van der Waals surface area (Å²) in [4.78, 5) is 24.1. The fourth-order valence-electron chi connectivity index (χ4n) is 3.19. The lowest BCUT2D eigenvalue weighted by molar-refractivity contribution is -0.135. The molecule has 2 unspecified atom stereocenters. The second-order valence-electron chi connectivity index (χ2n) is 5.68. The van der Waals surface area contributed by atoms with Crippen LogP contribution in [0.15, 0.2) is 39.6 Å². The molecule has 0 aliphatic heterocycles. The molecule has 1 saturated carbocycles. The molecule has 0 N–H and O–H groups in total. The molecule has 2 aromatic heterocycles. The Morgan fingerprint density at radius 3 is 2.86 bits per heavy atom. The Hall–Kier alpha value is -2.36. The maximum absolute atomic E-state index is 12.4. The lowest BCUT2D eigenvalue weighted by Crippen LogP contribution is -2.32. The Kier molecular flexibility index (Phi) is 2.55. The topological polar surface area (TPSA) is 60.4 Å². The van der Waals surface area contributed by atoms with Gasteiger partial charge in [-0.1, -0.05) is 0 Å². The Labute approximate surface area is 120 Å². The van der Waals surface area contributed by atoms with Gasteiger partial charge in [-0.2, -0.15) is 0 Å². The number of ketones is 2. The first kappa shape index (κ1) is 12.4. The van der Waals surface area contributed by atoms with Crippen LogP contribution in [0, 0.1) is 5.92 Å². The molecule has 0 radical (unpaired) electrons. The van der Waals surface area contributed by atoms with Crippen LogP contribution in [0.5, 0.6) is 0 Å². The Balaban J connectivity index is 1.86. The van der Waals surface area contributed by atoms with E-state index in [-0.39, 0.29) is 17.5 Å². The zero-order valence-electron chi connectivity index (χ0n) is 11.6. The summed E-state index contributed by atoms with van der Waals surface area (Å²) in [6.45, 7) is 1.70. The van der Waals surface area contributed by atoms with Crippen molar-refractivity contribution in [2.24, 2.45) is 5.92 Å². The van der Waals surface area contributed by atoms with Gasteiger partial charge >= 0.3 is 0 Å². The zero-order chi connectivity index (χ0) is 14.6. The molecule has 1 fully saturated rings. The normalized spacial score (nSPS) is 23.3. The molecule has 106 valence electrons. The number of rotatable bonds is 1. The van der Waals surface area contributed by atoms with Crippen LogP contribution in [0.3, 0.4) is 0 Å². The third kappa shape index (κ3) is 1.75. The number of furan rings is 2. The lowest BCUT2D eigenvalue weighted by atomic mass is 9.77. The highest BCUT2D eigenvalue weighted by Gasteiger charge is 2.36. The van der Waals surface area contributed by atoms with E-state index in [9.17, 15) is 9.59 Å². The minimum absolute atomic E-state index is 0.00115. The van der Waals surface area contributed by atoms with E-state index in [2.05, 4.69) is 0 Å². The van der Waals surface area contributed by atoms with Crippen LogP contribution in [0.2, 0.25) is 0 Å². The van der Waals surface area contributed by atoms with Crippen molar-refractivity contribution in [1.82, 2.24) is 0 Å². The molecule has 1 aliphatic carbocycles. The van der Waals surface area contributed by atoms with Gasteiger partial charge in [-0.15, -0.1) is 0 Å². The summed E-state index contributed by atoms with van der Waals surface area (Å²) >= 11 is 0. The van der Waals surface area contributed by atoms with E-state index in [4.69, 9.17) is 8.83 Å². The third-order valence-corrected chi connectivity index (χ3v) is 4.49. The SMILES string of the molecule is CC1C(=O)CCC(c2coc3cc4occc4cc23)C1=O. The summed E-state index contributed by atoms with van der Waals surface area (Å²) < 4.78 is 11.0. The predicted octanol–water partition coefficient (Wildman–Crippen LogP) is 3.83. The van der Waals surface area contributed by atoms with E-state index in [1.54, 1.807) is 19.5 Å². The van der Waals surface area contributed by atoms with E-state index in [1.165, 1.54) is 0 Å². The molecule has 1 aliphatic rings. The Morgan fingerprint density at radius 2 is 2.00 bits per heavy atom. The molecular weight excluding hydrogens is 268 g/mol. The first-order valence-corrected chi connectivity index (χ1v) is 7.10. The summed E-state index contributed by atoms with van der Waals surface area (Å²) in [5, 5.41) is 1.92. The van der Waals surface area contributed by atoms with E-state index in [0.29, 0.717) is 18.4 Å². The average Bonchev–Trinajstić information content (AvgIpc) is 3.09. The molecule has 1 aromatic carbocycles. The van der Waals surface area contributed by atoms with Crippen LogP contribution < -0.4 is 0 Å². The molecule has 4 nitrogen and oxygen atoms in total. The Morgan fingerprint density at radius 1 is 1.14 bits per heavy atom. The average molecular weight is 282 g/mol. The van der Waals surface area contributed by atoms with Crippen molar-refractivity contribution in [2.45, 2.75) is 25.7 Å². The second-order valence-corrected chi connectivity index (χ2v) is 5.68. The van der Waals surface area contributed by atoms with Gasteiger partial charge in [0.05, 0.1) is 18.4 Å². The highest BCUT2D eigenvalue weighted by Crippen LogP contribution is 2.37. The number of Topliss-reactive ketones (excluding diaryl/α,β-unsaturated/α-hetero) is 2. The van der Waals surface area contributed by atoms with Crippen molar-refractivity contribution in [3.63, 3.8) is 0 Å². The number of fused-ring (bicyclic) bond motifs is 2. The zero-order valence-corrected chi connectivity index (χ0v) is 11.6. The number of hydrogen-bond donors (Lipinski definition) is 0. The highest BCUT2D eigenvalue weighted by molar-refractivity contribution is 6.08. The van der Waals surface area contributed by atoms with Crippen molar-refractivity contribution in [1.29, 1.82) is 0 Å². The van der Waals surface area contributed by atoms with Gasteiger partial charge in [-0.05, 0) is 25.5 Å². The fourth-order valence-corrected chi connectivity index (χ4v) is 3.19. The summed E-state index contributed by atoms with van der Waals surface area (Å²) in [5.74, 6) is -0.711. The van der Waals surface area contributed by atoms with E-state index in [0.717, 1.165) is 21.9 Å². The lowest BCUT2D eigenvalue weighted by Gasteiger charge is -2.23. The number of hydrogen-bond acceptors (Lipinski definition) is 4. The molecule has 4 heteroatoms. The van der Waals surface area contributed by atoms with Crippen molar-refractivity contribution in [2.75, 3.05) is 0 Å². The number of carbonyl (C=O) groups excluding carboxylic acids is 2. The van der Waals surface area contributed by atoms with Crippen molar-refractivity contribution >= 4 is 33.5 Å².